The summed E-state index contributed by atoms with van der Waals surface area (Å²) in [7, 11) is 0. The molecule has 3 nitrogen and oxygen atoms in total. The summed E-state index contributed by atoms with van der Waals surface area (Å²) in [5, 5.41) is 0.745. The van der Waals surface area contributed by atoms with E-state index in [1.165, 1.54) is 5.56 Å². The lowest BCUT2D eigenvalue weighted by Crippen LogP contribution is -2.49. The summed E-state index contributed by atoms with van der Waals surface area (Å²) in [6.45, 7) is 1.38. The molecule has 0 aliphatic carbocycles. The van der Waals surface area contributed by atoms with Crippen LogP contribution in [0.2, 0.25) is 5.02 Å². The number of piperidine rings is 1. The van der Waals surface area contributed by atoms with Crippen molar-refractivity contribution < 1.29 is 4.79 Å². The predicted octanol–water partition coefficient (Wildman–Crippen LogP) is 3.37. The minimum Gasteiger partial charge on any atom is -0.337 e. The number of nitrogens with two attached hydrogens (primary N) is 1. The molecule has 2 aromatic rings. The standard InChI is InChI=1S/C19H21ClN2O/c20-17-8-6-14(7-9-17)10-15-11-18(21)13-22(12-15)19(23)16-4-2-1-3-5-16/h1-9,15,18H,10-13,21H2. The molecule has 1 fully saturated rings. The first-order valence-electron chi connectivity index (χ1n) is 7.96. The topological polar surface area (TPSA) is 46.3 Å². The van der Waals surface area contributed by atoms with Gasteiger partial charge in [0.25, 0.3) is 5.91 Å². The zero-order valence-electron chi connectivity index (χ0n) is 13.0. The third kappa shape index (κ3) is 4.12. The molecule has 3 rings (SSSR count). The summed E-state index contributed by atoms with van der Waals surface area (Å²) in [6.07, 6.45) is 1.87. The highest BCUT2D eigenvalue weighted by atomic mass is 35.5. The zero-order chi connectivity index (χ0) is 16.2. The predicted molar refractivity (Wildman–Crippen MR) is 93.6 cm³/mol. The van der Waals surface area contributed by atoms with Gasteiger partial charge in [-0.05, 0) is 48.6 Å². The molecule has 1 saturated heterocycles. The maximum absolute atomic E-state index is 12.6. The third-order valence-corrected chi connectivity index (χ3v) is 4.57. The number of hydrogen-bond donors (Lipinski definition) is 1. The molecular weight excluding hydrogens is 308 g/mol. The second kappa shape index (κ2) is 7.16. The van der Waals surface area contributed by atoms with Gasteiger partial charge < -0.3 is 10.6 Å². The van der Waals surface area contributed by atoms with Crippen LogP contribution >= 0.6 is 11.6 Å². The van der Waals surface area contributed by atoms with E-state index in [1.807, 2.05) is 59.5 Å². The third-order valence-electron chi connectivity index (χ3n) is 4.32. The van der Waals surface area contributed by atoms with Crippen LogP contribution in [0.4, 0.5) is 0 Å². The van der Waals surface area contributed by atoms with Crippen molar-refractivity contribution in [1.29, 1.82) is 0 Å². The van der Waals surface area contributed by atoms with Crippen molar-refractivity contribution in [1.82, 2.24) is 4.90 Å². The van der Waals surface area contributed by atoms with E-state index in [-0.39, 0.29) is 11.9 Å². The van der Waals surface area contributed by atoms with Gasteiger partial charge in [0.15, 0.2) is 0 Å². The molecule has 0 bridgehead atoms. The van der Waals surface area contributed by atoms with E-state index < -0.39 is 0 Å². The van der Waals surface area contributed by atoms with Crippen molar-refractivity contribution in [2.24, 2.45) is 11.7 Å². The summed E-state index contributed by atoms with van der Waals surface area (Å²) >= 11 is 5.94. The van der Waals surface area contributed by atoms with Gasteiger partial charge in [0.05, 0.1) is 0 Å². The molecule has 1 heterocycles. The van der Waals surface area contributed by atoms with Crippen LogP contribution in [0.25, 0.3) is 0 Å². The molecule has 0 spiro atoms. The lowest BCUT2D eigenvalue weighted by atomic mass is 9.88. The smallest absolute Gasteiger partial charge is 0.253 e. The second-order valence-corrected chi connectivity index (χ2v) is 6.70. The number of halogens is 1. The van der Waals surface area contributed by atoms with Crippen LogP contribution in [-0.4, -0.2) is 29.9 Å². The number of benzene rings is 2. The Kier molecular flexibility index (Phi) is 4.99. The van der Waals surface area contributed by atoms with E-state index in [2.05, 4.69) is 0 Å². The van der Waals surface area contributed by atoms with Crippen LogP contribution in [0, 0.1) is 5.92 Å². The molecule has 1 aliphatic rings. The van der Waals surface area contributed by atoms with Gasteiger partial charge in [0, 0.05) is 29.7 Å². The minimum atomic E-state index is 0.0358. The fraction of sp³-hybridized carbons (Fsp3) is 0.316. The lowest BCUT2D eigenvalue weighted by Gasteiger charge is -2.36. The molecule has 0 aromatic heterocycles. The molecule has 0 radical (unpaired) electrons. The molecule has 2 aromatic carbocycles. The molecule has 4 heteroatoms. The summed E-state index contributed by atoms with van der Waals surface area (Å²) in [5.74, 6) is 0.453. The van der Waals surface area contributed by atoms with Gasteiger partial charge in [0.2, 0.25) is 0 Å². The molecule has 1 aliphatic heterocycles. The number of rotatable bonds is 3. The normalized spacial score (nSPS) is 21.2. The molecule has 120 valence electrons. The maximum atomic E-state index is 12.6. The Morgan fingerprint density at radius 1 is 1.09 bits per heavy atom. The van der Waals surface area contributed by atoms with Crippen molar-refractivity contribution in [3.8, 4) is 0 Å². The van der Waals surface area contributed by atoms with Crippen molar-refractivity contribution >= 4 is 17.5 Å². The number of nitrogens with zero attached hydrogens (tertiary/aromatic N) is 1. The van der Waals surface area contributed by atoms with Crippen LogP contribution in [-0.2, 0) is 6.42 Å². The van der Waals surface area contributed by atoms with E-state index in [1.54, 1.807) is 0 Å². The molecule has 23 heavy (non-hydrogen) atoms. The number of carbonyl (C=O) groups excluding carboxylic acids is 1. The van der Waals surface area contributed by atoms with Gasteiger partial charge in [-0.3, -0.25) is 4.79 Å². The number of amides is 1. The summed E-state index contributed by atoms with van der Waals surface area (Å²) in [4.78, 5) is 14.5. The Hall–Kier alpha value is -1.84. The number of hydrogen-bond acceptors (Lipinski definition) is 2. The van der Waals surface area contributed by atoms with Crippen LogP contribution in [0.1, 0.15) is 22.3 Å². The summed E-state index contributed by atoms with van der Waals surface area (Å²) < 4.78 is 0. The average Bonchev–Trinajstić information content (AvgIpc) is 2.56. The Labute approximate surface area is 142 Å². The van der Waals surface area contributed by atoms with E-state index in [9.17, 15) is 4.79 Å². The average molecular weight is 329 g/mol. The largest absolute Gasteiger partial charge is 0.337 e. The number of carbonyl (C=O) groups is 1. The van der Waals surface area contributed by atoms with Gasteiger partial charge in [-0.15, -0.1) is 0 Å². The fourth-order valence-corrected chi connectivity index (χ4v) is 3.40. The van der Waals surface area contributed by atoms with E-state index in [4.69, 9.17) is 17.3 Å². The van der Waals surface area contributed by atoms with Crippen molar-refractivity contribution in [3.05, 3.63) is 70.7 Å². The first kappa shape index (κ1) is 16.0. The number of likely N-dealkylation sites (tertiary alicyclic amines) is 1. The quantitative estimate of drug-likeness (QED) is 0.939. The second-order valence-electron chi connectivity index (χ2n) is 6.27. The Balaban J connectivity index is 1.69. The van der Waals surface area contributed by atoms with Crippen molar-refractivity contribution in [3.63, 3.8) is 0 Å². The fourth-order valence-electron chi connectivity index (χ4n) is 3.28. The van der Waals surface area contributed by atoms with E-state index in [0.717, 1.165) is 30.0 Å². The minimum absolute atomic E-state index is 0.0358. The highest BCUT2D eigenvalue weighted by molar-refractivity contribution is 6.30. The van der Waals surface area contributed by atoms with E-state index in [0.29, 0.717) is 12.5 Å². The van der Waals surface area contributed by atoms with Gasteiger partial charge in [-0.25, -0.2) is 0 Å². The van der Waals surface area contributed by atoms with Gasteiger partial charge in [-0.1, -0.05) is 41.9 Å². The molecule has 2 atom stereocenters. The molecule has 2 N–H and O–H groups in total. The Morgan fingerprint density at radius 3 is 2.48 bits per heavy atom. The molecule has 0 saturated carbocycles. The summed E-state index contributed by atoms with van der Waals surface area (Å²) in [6, 6.07) is 17.4. The maximum Gasteiger partial charge on any atom is 0.253 e. The van der Waals surface area contributed by atoms with Gasteiger partial charge in [0.1, 0.15) is 0 Å². The Morgan fingerprint density at radius 2 is 1.78 bits per heavy atom. The van der Waals surface area contributed by atoms with Gasteiger partial charge >= 0.3 is 0 Å². The van der Waals surface area contributed by atoms with Crippen LogP contribution in [0.5, 0.6) is 0 Å². The summed E-state index contributed by atoms with van der Waals surface area (Å²) in [5.41, 5.74) is 8.16. The van der Waals surface area contributed by atoms with Crippen molar-refractivity contribution in [2.45, 2.75) is 18.9 Å². The van der Waals surface area contributed by atoms with Crippen LogP contribution < -0.4 is 5.73 Å². The zero-order valence-corrected chi connectivity index (χ0v) is 13.7. The van der Waals surface area contributed by atoms with E-state index >= 15 is 0 Å². The van der Waals surface area contributed by atoms with Crippen molar-refractivity contribution in [2.75, 3.05) is 13.1 Å². The highest BCUT2D eigenvalue weighted by Gasteiger charge is 2.28. The first-order chi connectivity index (χ1) is 11.1. The van der Waals surface area contributed by atoms with Crippen LogP contribution in [0.15, 0.2) is 54.6 Å². The van der Waals surface area contributed by atoms with Gasteiger partial charge in [-0.2, -0.15) is 0 Å². The highest BCUT2D eigenvalue weighted by Crippen LogP contribution is 2.22. The Bertz CT molecular complexity index is 657. The molecule has 2 unspecified atom stereocenters. The first-order valence-corrected chi connectivity index (χ1v) is 8.34. The lowest BCUT2D eigenvalue weighted by molar-refractivity contribution is 0.0649. The molecular formula is C19H21ClN2O. The monoisotopic (exact) mass is 328 g/mol. The molecule has 1 amide bonds. The SMILES string of the molecule is NC1CC(Cc2ccc(Cl)cc2)CN(C(=O)c2ccccc2)C1. The van der Waals surface area contributed by atoms with Crippen LogP contribution in [0.3, 0.4) is 0 Å².